The molecule has 4 rings (SSSR count). The van der Waals surface area contributed by atoms with Crippen LogP contribution in [0.15, 0.2) is 78.9 Å². The van der Waals surface area contributed by atoms with Crippen molar-refractivity contribution in [2.24, 2.45) is 0 Å². The normalized spacial score (nSPS) is 14.2. The van der Waals surface area contributed by atoms with Crippen LogP contribution in [0, 0.1) is 11.3 Å². The SMILES string of the molecule is N#Cc1ccc(-c2ccc(OC(C(=O)N3CCCC3)c3ccccc3)cc2)cc1. The molecule has 0 saturated carbocycles. The monoisotopic (exact) mass is 382 g/mol. The lowest BCUT2D eigenvalue weighted by atomic mass is 10.0. The topological polar surface area (TPSA) is 53.3 Å². The average molecular weight is 382 g/mol. The van der Waals surface area contributed by atoms with Crippen molar-refractivity contribution in [3.05, 3.63) is 90.0 Å². The van der Waals surface area contributed by atoms with Gasteiger partial charge in [-0.2, -0.15) is 5.26 Å². The zero-order valence-electron chi connectivity index (χ0n) is 16.1. The summed E-state index contributed by atoms with van der Waals surface area (Å²) < 4.78 is 6.17. The van der Waals surface area contributed by atoms with E-state index in [2.05, 4.69) is 6.07 Å². The Morgan fingerprint density at radius 1 is 0.862 bits per heavy atom. The molecule has 4 heteroatoms. The van der Waals surface area contributed by atoms with Gasteiger partial charge >= 0.3 is 0 Å². The number of rotatable bonds is 5. The number of carbonyl (C=O) groups is 1. The minimum absolute atomic E-state index is 0.0184. The van der Waals surface area contributed by atoms with Gasteiger partial charge in [-0.25, -0.2) is 0 Å². The molecule has 0 N–H and O–H groups in total. The molecule has 1 atom stereocenters. The van der Waals surface area contributed by atoms with Crippen LogP contribution in [-0.2, 0) is 4.79 Å². The van der Waals surface area contributed by atoms with E-state index in [4.69, 9.17) is 10.00 Å². The van der Waals surface area contributed by atoms with Gasteiger partial charge in [0.05, 0.1) is 11.6 Å². The van der Waals surface area contributed by atoms with Gasteiger partial charge in [-0.05, 0) is 48.2 Å². The van der Waals surface area contributed by atoms with Crippen molar-refractivity contribution in [3.63, 3.8) is 0 Å². The summed E-state index contributed by atoms with van der Waals surface area (Å²) in [7, 11) is 0. The van der Waals surface area contributed by atoms with Gasteiger partial charge < -0.3 is 9.64 Å². The van der Waals surface area contributed by atoms with Crippen molar-refractivity contribution in [1.82, 2.24) is 4.90 Å². The highest BCUT2D eigenvalue weighted by atomic mass is 16.5. The average Bonchev–Trinajstić information content (AvgIpc) is 3.33. The number of likely N-dealkylation sites (tertiary alicyclic amines) is 1. The van der Waals surface area contributed by atoms with E-state index in [-0.39, 0.29) is 5.91 Å². The second kappa shape index (κ2) is 8.62. The van der Waals surface area contributed by atoms with E-state index in [1.165, 1.54) is 0 Å². The van der Waals surface area contributed by atoms with Crippen LogP contribution in [0.25, 0.3) is 11.1 Å². The fraction of sp³-hybridized carbons (Fsp3) is 0.200. The Morgan fingerprint density at radius 3 is 2.03 bits per heavy atom. The van der Waals surface area contributed by atoms with Crippen molar-refractivity contribution in [2.45, 2.75) is 18.9 Å². The van der Waals surface area contributed by atoms with E-state index in [0.29, 0.717) is 11.3 Å². The summed E-state index contributed by atoms with van der Waals surface area (Å²) in [6, 6.07) is 27.0. The first-order valence-corrected chi connectivity index (χ1v) is 9.85. The third-order valence-electron chi connectivity index (χ3n) is 5.20. The maximum absolute atomic E-state index is 13.1. The Hall–Kier alpha value is -3.58. The maximum atomic E-state index is 13.1. The van der Waals surface area contributed by atoms with E-state index in [9.17, 15) is 4.79 Å². The van der Waals surface area contributed by atoms with Crippen LogP contribution in [0.5, 0.6) is 5.75 Å². The third-order valence-corrected chi connectivity index (χ3v) is 5.20. The van der Waals surface area contributed by atoms with Gasteiger partial charge in [0, 0.05) is 18.7 Å². The Kier molecular flexibility index (Phi) is 5.58. The summed E-state index contributed by atoms with van der Waals surface area (Å²) in [5.74, 6) is 0.675. The van der Waals surface area contributed by atoms with Gasteiger partial charge in [-0.15, -0.1) is 0 Å². The van der Waals surface area contributed by atoms with Crippen molar-refractivity contribution >= 4 is 5.91 Å². The molecule has 0 aromatic heterocycles. The third kappa shape index (κ3) is 4.30. The van der Waals surface area contributed by atoms with E-state index in [0.717, 1.165) is 42.6 Å². The Morgan fingerprint density at radius 2 is 1.45 bits per heavy atom. The first kappa shape index (κ1) is 18.8. The number of ether oxygens (including phenoxy) is 1. The van der Waals surface area contributed by atoms with Crippen molar-refractivity contribution in [2.75, 3.05) is 13.1 Å². The van der Waals surface area contributed by atoms with E-state index in [1.807, 2.05) is 71.6 Å². The lowest BCUT2D eigenvalue weighted by Gasteiger charge is -2.24. The van der Waals surface area contributed by atoms with Gasteiger partial charge in [0.2, 0.25) is 6.10 Å². The predicted molar refractivity (Wildman–Crippen MR) is 112 cm³/mol. The number of carbonyl (C=O) groups excluding carboxylic acids is 1. The summed E-state index contributed by atoms with van der Waals surface area (Å²) in [5.41, 5.74) is 3.56. The van der Waals surface area contributed by atoms with Crippen molar-refractivity contribution < 1.29 is 9.53 Å². The fourth-order valence-electron chi connectivity index (χ4n) is 3.59. The number of hydrogen-bond acceptors (Lipinski definition) is 3. The van der Waals surface area contributed by atoms with Gasteiger partial charge in [0.25, 0.3) is 5.91 Å². The lowest BCUT2D eigenvalue weighted by Crippen LogP contribution is -2.35. The molecule has 1 aliphatic rings. The highest BCUT2D eigenvalue weighted by Gasteiger charge is 2.29. The first-order chi connectivity index (χ1) is 14.2. The van der Waals surface area contributed by atoms with Gasteiger partial charge in [-0.3, -0.25) is 4.79 Å². The van der Waals surface area contributed by atoms with E-state index >= 15 is 0 Å². The zero-order valence-corrected chi connectivity index (χ0v) is 16.1. The molecule has 3 aromatic rings. The van der Waals surface area contributed by atoms with Gasteiger partial charge in [0.1, 0.15) is 5.75 Å². The highest BCUT2D eigenvalue weighted by molar-refractivity contribution is 5.83. The van der Waals surface area contributed by atoms with Crippen LogP contribution in [0.2, 0.25) is 0 Å². The molecular weight excluding hydrogens is 360 g/mol. The highest BCUT2D eigenvalue weighted by Crippen LogP contribution is 2.28. The smallest absolute Gasteiger partial charge is 0.268 e. The van der Waals surface area contributed by atoms with Gasteiger partial charge in [-0.1, -0.05) is 54.6 Å². The number of nitriles is 1. The minimum atomic E-state index is -0.643. The maximum Gasteiger partial charge on any atom is 0.268 e. The molecule has 1 aliphatic heterocycles. The summed E-state index contributed by atoms with van der Waals surface area (Å²) in [4.78, 5) is 15.0. The number of hydrogen-bond donors (Lipinski definition) is 0. The summed E-state index contributed by atoms with van der Waals surface area (Å²) in [6.45, 7) is 1.59. The van der Waals surface area contributed by atoms with Crippen molar-refractivity contribution in [1.29, 1.82) is 5.26 Å². The van der Waals surface area contributed by atoms with Crippen LogP contribution in [0.3, 0.4) is 0 Å². The fourth-order valence-corrected chi connectivity index (χ4v) is 3.59. The van der Waals surface area contributed by atoms with E-state index < -0.39 is 6.10 Å². The molecule has 4 nitrogen and oxygen atoms in total. The zero-order chi connectivity index (χ0) is 20.1. The molecule has 1 heterocycles. The molecule has 29 heavy (non-hydrogen) atoms. The first-order valence-electron chi connectivity index (χ1n) is 9.85. The van der Waals surface area contributed by atoms with Crippen LogP contribution in [-0.4, -0.2) is 23.9 Å². The Bertz CT molecular complexity index is 999. The number of amides is 1. The molecule has 1 amide bonds. The number of nitrogens with zero attached hydrogens (tertiary/aromatic N) is 2. The van der Waals surface area contributed by atoms with Crippen LogP contribution >= 0.6 is 0 Å². The van der Waals surface area contributed by atoms with Gasteiger partial charge in [0.15, 0.2) is 0 Å². The minimum Gasteiger partial charge on any atom is -0.476 e. The largest absolute Gasteiger partial charge is 0.476 e. The molecule has 0 spiro atoms. The molecule has 1 fully saturated rings. The molecule has 0 bridgehead atoms. The molecule has 0 radical (unpaired) electrons. The molecule has 144 valence electrons. The molecular formula is C25H22N2O2. The number of benzene rings is 3. The van der Waals surface area contributed by atoms with E-state index in [1.54, 1.807) is 12.1 Å². The van der Waals surface area contributed by atoms with Crippen LogP contribution in [0.4, 0.5) is 0 Å². The molecule has 3 aromatic carbocycles. The quantitative estimate of drug-likeness (QED) is 0.626. The summed E-state index contributed by atoms with van der Waals surface area (Å²) in [5, 5.41) is 8.94. The second-order valence-electron chi connectivity index (χ2n) is 7.15. The second-order valence-corrected chi connectivity index (χ2v) is 7.15. The van der Waals surface area contributed by atoms with Crippen molar-refractivity contribution in [3.8, 4) is 22.9 Å². The molecule has 1 unspecified atom stereocenters. The Balaban J connectivity index is 1.55. The lowest BCUT2D eigenvalue weighted by molar-refractivity contribution is -0.137. The predicted octanol–water partition coefficient (Wildman–Crippen LogP) is 4.97. The standard InChI is InChI=1S/C25H22N2O2/c26-18-19-8-10-20(11-9-19)21-12-14-23(15-13-21)29-24(22-6-2-1-3-7-22)25(28)27-16-4-5-17-27/h1-3,6-15,24H,4-5,16-17H2. The summed E-state index contributed by atoms with van der Waals surface area (Å²) >= 11 is 0. The molecule has 1 saturated heterocycles. The van der Waals surface area contributed by atoms with Crippen LogP contribution < -0.4 is 4.74 Å². The van der Waals surface area contributed by atoms with Crippen LogP contribution in [0.1, 0.15) is 30.1 Å². The Labute approximate surface area is 171 Å². The molecule has 0 aliphatic carbocycles. The summed E-state index contributed by atoms with van der Waals surface area (Å²) in [6.07, 6.45) is 1.45.